The smallest absolute Gasteiger partial charge is 0.291 e. The zero-order valence-electron chi connectivity index (χ0n) is 13.9. The van der Waals surface area contributed by atoms with Crippen molar-refractivity contribution >= 4 is 33.5 Å². The number of nitrogens with one attached hydrogen (secondary N) is 1. The number of hydrogen-bond donors (Lipinski definition) is 1. The lowest BCUT2D eigenvalue weighted by atomic mass is 10.1. The summed E-state index contributed by atoms with van der Waals surface area (Å²) < 4.78 is 11.1. The Morgan fingerprint density at radius 3 is 2.68 bits per heavy atom. The zero-order valence-corrected chi connectivity index (χ0v) is 13.9. The van der Waals surface area contributed by atoms with Gasteiger partial charge in [-0.2, -0.15) is 0 Å². The first-order valence-corrected chi connectivity index (χ1v) is 7.90. The van der Waals surface area contributed by atoms with Gasteiger partial charge in [0.2, 0.25) is 0 Å². The molecule has 4 aromatic rings. The fourth-order valence-electron chi connectivity index (χ4n) is 2.91. The number of aromatic nitrogens is 1. The minimum atomic E-state index is -0.329. The van der Waals surface area contributed by atoms with E-state index in [1.165, 1.54) is 0 Å². The number of carbonyl (C=O) groups is 1. The molecule has 0 radical (unpaired) electrons. The van der Waals surface area contributed by atoms with Gasteiger partial charge >= 0.3 is 0 Å². The van der Waals surface area contributed by atoms with E-state index in [-0.39, 0.29) is 11.7 Å². The van der Waals surface area contributed by atoms with Crippen LogP contribution in [0.2, 0.25) is 0 Å². The van der Waals surface area contributed by atoms with E-state index in [0.717, 1.165) is 22.0 Å². The summed E-state index contributed by atoms with van der Waals surface area (Å²) in [6, 6.07) is 16.7. The lowest BCUT2D eigenvalue weighted by Crippen LogP contribution is -2.11. The van der Waals surface area contributed by atoms with E-state index in [0.29, 0.717) is 17.0 Å². The van der Waals surface area contributed by atoms with Gasteiger partial charge in [0, 0.05) is 16.5 Å². The molecule has 1 N–H and O–H groups in total. The van der Waals surface area contributed by atoms with E-state index in [9.17, 15) is 4.79 Å². The van der Waals surface area contributed by atoms with Gasteiger partial charge in [-0.15, -0.1) is 0 Å². The van der Waals surface area contributed by atoms with Crippen LogP contribution in [-0.4, -0.2) is 18.0 Å². The average Bonchev–Trinajstić information content (AvgIpc) is 3.09. The van der Waals surface area contributed by atoms with Crippen LogP contribution in [0.5, 0.6) is 5.75 Å². The van der Waals surface area contributed by atoms with Crippen LogP contribution >= 0.6 is 0 Å². The fourth-order valence-corrected chi connectivity index (χ4v) is 2.91. The highest BCUT2D eigenvalue weighted by atomic mass is 16.5. The first kappa shape index (κ1) is 15.2. The highest BCUT2D eigenvalue weighted by molar-refractivity contribution is 6.09. The number of benzene rings is 2. The minimum absolute atomic E-state index is 0.238. The van der Waals surface area contributed by atoms with E-state index >= 15 is 0 Å². The van der Waals surface area contributed by atoms with Crippen molar-refractivity contribution in [2.45, 2.75) is 6.92 Å². The molecule has 4 rings (SSSR count). The molecule has 124 valence electrons. The van der Waals surface area contributed by atoms with Crippen molar-refractivity contribution in [3.8, 4) is 5.75 Å². The Morgan fingerprint density at radius 2 is 1.84 bits per heavy atom. The maximum atomic E-state index is 12.6. The van der Waals surface area contributed by atoms with Crippen molar-refractivity contribution < 1.29 is 13.9 Å². The van der Waals surface area contributed by atoms with Crippen molar-refractivity contribution in [1.29, 1.82) is 0 Å². The quantitative estimate of drug-likeness (QED) is 0.598. The van der Waals surface area contributed by atoms with Gasteiger partial charge < -0.3 is 14.5 Å². The molecule has 0 spiro atoms. The normalized spacial score (nSPS) is 11.0. The SMILES string of the molecule is COc1ccccc1NC(=O)c1cc2c(C)nc3ccccc3c2o1. The molecule has 0 atom stereocenters. The van der Waals surface area contributed by atoms with Crippen LogP contribution in [0, 0.1) is 6.92 Å². The predicted octanol–water partition coefficient (Wildman–Crippen LogP) is 4.55. The lowest BCUT2D eigenvalue weighted by molar-refractivity contribution is 0.0998. The van der Waals surface area contributed by atoms with Gasteiger partial charge in [0.1, 0.15) is 11.3 Å². The molecule has 5 nitrogen and oxygen atoms in total. The first-order chi connectivity index (χ1) is 12.2. The van der Waals surface area contributed by atoms with E-state index < -0.39 is 0 Å². The molecule has 0 unspecified atom stereocenters. The number of anilines is 1. The number of hydrogen-bond acceptors (Lipinski definition) is 4. The number of rotatable bonds is 3. The number of amides is 1. The number of para-hydroxylation sites is 3. The summed E-state index contributed by atoms with van der Waals surface area (Å²) in [6.07, 6.45) is 0. The molecule has 5 heteroatoms. The van der Waals surface area contributed by atoms with Crippen molar-refractivity contribution in [2.75, 3.05) is 12.4 Å². The number of methoxy groups -OCH3 is 1. The maximum Gasteiger partial charge on any atom is 0.291 e. The van der Waals surface area contributed by atoms with Crippen LogP contribution in [0.25, 0.3) is 21.9 Å². The van der Waals surface area contributed by atoms with Gasteiger partial charge in [-0.25, -0.2) is 0 Å². The molecule has 0 bridgehead atoms. The number of fused-ring (bicyclic) bond motifs is 3. The molecule has 0 saturated heterocycles. The van der Waals surface area contributed by atoms with E-state index in [1.54, 1.807) is 25.3 Å². The monoisotopic (exact) mass is 332 g/mol. The Hall–Kier alpha value is -3.34. The third kappa shape index (κ3) is 2.59. The standard InChI is InChI=1S/C20H16N2O3/c1-12-14-11-18(20(23)22-16-9-5-6-10-17(16)24-2)25-19(14)13-7-3-4-8-15(13)21-12/h3-11H,1-2H3,(H,22,23). The molecule has 0 aliphatic rings. The van der Waals surface area contributed by atoms with Crippen LogP contribution in [0.15, 0.2) is 59.0 Å². The zero-order chi connectivity index (χ0) is 17.4. The van der Waals surface area contributed by atoms with Crippen molar-refractivity contribution in [2.24, 2.45) is 0 Å². The predicted molar refractivity (Wildman–Crippen MR) is 97.2 cm³/mol. The van der Waals surface area contributed by atoms with Gasteiger partial charge in [-0.05, 0) is 37.3 Å². The van der Waals surface area contributed by atoms with Crippen LogP contribution in [-0.2, 0) is 0 Å². The molecule has 0 saturated carbocycles. The summed E-state index contributed by atoms with van der Waals surface area (Å²) >= 11 is 0. The summed E-state index contributed by atoms with van der Waals surface area (Å²) in [5.74, 6) is 0.501. The number of furan rings is 1. The van der Waals surface area contributed by atoms with E-state index in [4.69, 9.17) is 9.15 Å². The fraction of sp³-hybridized carbons (Fsp3) is 0.100. The first-order valence-electron chi connectivity index (χ1n) is 7.90. The van der Waals surface area contributed by atoms with Crippen LogP contribution in [0.4, 0.5) is 5.69 Å². The molecule has 2 aromatic carbocycles. The molecular formula is C20H16N2O3. The van der Waals surface area contributed by atoms with Crippen molar-refractivity contribution in [3.63, 3.8) is 0 Å². The van der Waals surface area contributed by atoms with Crippen LogP contribution in [0.1, 0.15) is 16.2 Å². The van der Waals surface area contributed by atoms with E-state index in [1.807, 2.05) is 43.3 Å². The third-order valence-corrected chi connectivity index (χ3v) is 4.14. The Kier molecular flexibility index (Phi) is 3.61. The average molecular weight is 332 g/mol. The highest BCUT2D eigenvalue weighted by Crippen LogP contribution is 2.30. The molecular weight excluding hydrogens is 316 g/mol. The van der Waals surface area contributed by atoms with Crippen molar-refractivity contribution in [3.05, 3.63) is 66.1 Å². The summed E-state index contributed by atoms with van der Waals surface area (Å²) in [7, 11) is 1.56. The largest absolute Gasteiger partial charge is 0.495 e. The molecule has 2 heterocycles. The van der Waals surface area contributed by atoms with Gasteiger partial charge in [0.25, 0.3) is 5.91 Å². The molecule has 0 aliphatic carbocycles. The Morgan fingerprint density at radius 1 is 1.08 bits per heavy atom. The van der Waals surface area contributed by atoms with E-state index in [2.05, 4.69) is 10.3 Å². The topological polar surface area (TPSA) is 64.4 Å². The summed E-state index contributed by atoms with van der Waals surface area (Å²) in [6.45, 7) is 1.91. The Balaban J connectivity index is 1.78. The van der Waals surface area contributed by atoms with Crippen LogP contribution in [0.3, 0.4) is 0 Å². The maximum absolute atomic E-state index is 12.6. The second-order valence-electron chi connectivity index (χ2n) is 5.72. The molecule has 25 heavy (non-hydrogen) atoms. The summed E-state index contributed by atoms with van der Waals surface area (Å²) in [4.78, 5) is 17.2. The highest BCUT2D eigenvalue weighted by Gasteiger charge is 2.17. The summed E-state index contributed by atoms with van der Waals surface area (Å²) in [5.41, 5.74) is 2.94. The number of ether oxygens (including phenoxy) is 1. The second-order valence-corrected chi connectivity index (χ2v) is 5.72. The number of pyridine rings is 1. The number of aryl methyl sites for hydroxylation is 1. The molecule has 2 aromatic heterocycles. The van der Waals surface area contributed by atoms with Crippen LogP contribution < -0.4 is 10.1 Å². The van der Waals surface area contributed by atoms with Gasteiger partial charge in [-0.3, -0.25) is 9.78 Å². The van der Waals surface area contributed by atoms with Crippen molar-refractivity contribution in [1.82, 2.24) is 4.98 Å². The second kappa shape index (κ2) is 5.94. The van der Waals surface area contributed by atoms with Gasteiger partial charge in [0.15, 0.2) is 5.76 Å². The third-order valence-electron chi connectivity index (χ3n) is 4.14. The van der Waals surface area contributed by atoms with Gasteiger partial charge in [0.05, 0.1) is 18.3 Å². The molecule has 0 fully saturated rings. The molecule has 1 amide bonds. The minimum Gasteiger partial charge on any atom is -0.495 e. The Bertz CT molecular complexity index is 1100. The number of nitrogens with zero attached hydrogens (tertiary/aromatic N) is 1. The van der Waals surface area contributed by atoms with Gasteiger partial charge in [-0.1, -0.05) is 24.3 Å². The molecule has 0 aliphatic heterocycles. The lowest BCUT2D eigenvalue weighted by Gasteiger charge is -2.08. The summed E-state index contributed by atoms with van der Waals surface area (Å²) in [5, 5.41) is 4.55. The Labute approximate surface area is 144 Å². The number of carbonyl (C=O) groups excluding carboxylic acids is 1.